The van der Waals surface area contributed by atoms with Crippen LogP contribution < -0.4 is 15.5 Å². The SMILES string of the molecule is CCc1ccc(N(CCNC(=O)NC2CC2)C(C)=O)cc1. The molecule has 0 unspecified atom stereocenters. The van der Waals surface area contributed by atoms with Crippen LogP contribution in [-0.4, -0.2) is 31.1 Å². The molecule has 1 aromatic carbocycles. The number of hydrogen-bond acceptors (Lipinski definition) is 2. The smallest absolute Gasteiger partial charge is 0.315 e. The van der Waals surface area contributed by atoms with Crippen molar-refractivity contribution in [3.8, 4) is 0 Å². The second kappa shape index (κ2) is 7.11. The van der Waals surface area contributed by atoms with Crippen molar-refractivity contribution in [2.75, 3.05) is 18.0 Å². The quantitative estimate of drug-likeness (QED) is 0.842. The lowest BCUT2D eigenvalue weighted by Crippen LogP contribution is -2.42. The van der Waals surface area contributed by atoms with Gasteiger partial charge in [-0.15, -0.1) is 0 Å². The van der Waals surface area contributed by atoms with E-state index in [-0.39, 0.29) is 11.9 Å². The molecule has 1 aliphatic rings. The molecule has 2 rings (SSSR count). The van der Waals surface area contributed by atoms with Gasteiger partial charge in [0.2, 0.25) is 5.91 Å². The van der Waals surface area contributed by atoms with Crippen molar-refractivity contribution in [2.45, 2.75) is 39.2 Å². The van der Waals surface area contributed by atoms with E-state index in [1.165, 1.54) is 12.5 Å². The molecule has 0 saturated heterocycles. The number of benzene rings is 1. The fraction of sp³-hybridized carbons (Fsp3) is 0.500. The van der Waals surface area contributed by atoms with Crippen molar-refractivity contribution in [3.63, 3.8) is 0 Å². The van der Waals surface area contributed by atoms with Gasteiger partial charge in [-0.1, -0.05) is 19.1 Å². The highest BCUT2D eigenvalue weighted by atomic mass is 16.2. The Kier molecular flexibility index (Phi) is 5.20. The van der Waals surface area contributed by atoms with Crippen LogP contribution in [0.15, 0.2) is 24.3 Å². The Hall–Kier alpha value is -2.04. The lowest BCUT2D eigenvalue weighted by atomic mass is 10.1. The van der Waals surface area contributed by atoms with Crippen molar-refractivity contribution in [2.24, 2.45) is 0 Å². The third-order valence-corrected chi connectivity index (χ3v) is 3.57. The van der Waals surface area contributed by atoms with E-state index in [9.17, 15) is 9.59 Å². The number of rotatable bonds is 6. The third kappa shape index (κ3) is 4.77. The first-order valence-corrected chi connectivity index (χ1v) is 7.51. The molecule has 0 radical (unpaired) electrons. The van der Waals surface area contributed by atoms with Crippen molar-refractivity contribution in [1.29, 1.82) is 0 Å². The molecule has 0 aliphatic heterocycles. The summed E-state index contributed by atoms with van der Waals surface area (Å²) in [6.07, 6.45) is 3.11. The highest BCUT2D eigenvalue weighted by Crippen LogP contribution is 2.18. The average molecular weight is 289 g/mol. The van der Waals surface area contributed by atoms with Gasteiger partial charge in [-0.05, 0) is 37.0 Å². The molecule has 114 valence electrons. The molecule has 1 aromatic rings. The average Bonchev–Trinajstić information content (AvgIpc) is 3.27. The summed E-state index contributed by atoms with van der Waals surface area (Å²) in [5.74, 6) is -0.0244. The van der Waals surface area contributed by atoms with Gasteiger partial charge < -0.3 is 15.5 Å². The molecule has 21 heavy (non-hydrogen) atoms. The lowest BCUT2D eigenvalue weighted by molar-refractivity contribution is -0.116. The van der Waals surface area contributed by atoms with Crippen LogP contribution in [0.3, 0.4) is 0 Å². The molecule has 3 amide bonds. The van der Waals surface area contributed by atoms with Crippen LogP contribution >= 0.6 is 0 Å². The summed E-state index contributed by atoms with van der Waals surface area (Å²) in [5.41, 5.74) is 2.10. The van der Waals surface area contributed by atoms with Crippen molar-refractivity contribution < 1.29 is 9.59 Å². The van der Waals surface area contributed by atoms with Crippen LogP contribution in [0.5, 0.6) is 0 Å². The van der Waals surface area contributed by atoms with Gasteiger partial charge in [0, 0.05) is 31.7 Å². The molecule has 0 atom stereocenters. The molecule has 0 aromatic heterocycles. The Morgan fingerprint density at radius 3 is 2.43 bits per heavy atom. The normalized spacial score (nSPS) is 13.6. The fourth-order valence-corrected chi connectivity index (χ4v) is 2.13. The number of nitrogens with one attached hydrogen (secondary N) is 2. The maximum Gasteiger partial charge on any atom is 0.315 e. The van der Waals surface area contributed by atoms with Gasteiger partial charge in [0.25, 0.3) is 0 Å². The number of amides is 3. The number of nitrogens with zero attached hydrogens (tertiary/aromatic N) is 1. The summed E-state index contributed by atoms with van der Waals surface area (Å²) in [6.45, 7) is 4.55. The van der Waals surface area contributed by atoms with E-state index in [4.69, 9.17) is 0 Å². The van der Waals surface area contributed by atoms with Crippen molar-refractivity contribution >= 4 is 17.6 Å². The van der Waals surface area contributed by atoms with Crippen molar-refractivity contribution in [1.82, 2.24) is 10.6 Å². The van der Waals surface area contributed by atoms with E-state index in [2.05, 4.69) is 17.6 Å². The Balaban J connectivity index is 1.85. The summed E-state index contributed by atoms with van der Waals surface area (Å²) in [4.78, 5) is 25.0. The van der Waals surface area contributed by atoms with E-state index < -0.39 is 0 Å². The van der Waals surface area contributed by atoms with E-state index in [1.54, 1.807) is 4.90 Å². The molecule has 1 aliphatic carbocycles. The molecule has 1 saturated carbocycles. The van der Waals surface area contributed by atoms with Crippen LogP contribution in [0.2, 0.25) is 0 Å². The predicted octanol–water partition coefficient (Wildman–Crippen LogP) is 2.06. The van der Waals surface area contributed by atoms with Crippen LogP contribution in [0.4, 0.5) is 10.5 Å². The van der Waals surface area contributed by atoms with Crippen LogP contribution in [0.25, 0.3) is 0 Å². The first kappa shape index (κ1) is 15.4. The van der Waals surface area contributed by atoms with Gasteiger partial charge in [-0.3, -0.25) is 4.79 Å². The van der Waals surface area contributed by atoms with Gasteiger partial charge in [0.15, 0.2) is 0 Å². The minimum atomic E-state index is -0.151. The lowest BCUT2D eigenvalue weighted by Gasteiger charge is -2.21. The summed E-state index contributed by atoms with van der Waals surface area (Å²) >= 11 is 0. The standard InChI is InChI=1S/C16H23N3O2/c1-3-13-4-8-15(9-5-13)19(12(2)20)11-10-17-16(21)18-14-6-7-14/h4-5,8-9,14H,3,6-7,10-11H2,1-2H3,(H2,17,18,21). The highest BCUT2D eigenvalue weighted by Gasteiger charge is 2.23. The molecule has 0 bridgehead atoms. The Morgan fingerprint density at radius 2 is 1.90 bits per heavy atom. The maximum atomic E-state index is 11.8. The van der Waals surface area contributed by atoms with E-state index in [0.717, 1.165) is 24.9 Å². The zero-order chi connectivity index (χ0) is 15.2. The van der Waals surface area contributed by atoms with Crippen molar-refractivity contribution in [3.05, 3.63) is 29.8 Å². The number of carbonyl (C=O) groups excluding carboxylic acids is 2. The summed E-state index contributed by atoms with van der Waals surface area (Å²) in [6, 6.07) is 8.14. The highest BCUT2D eigenvalue weighted by molar-refractivity contribution is 5.91. The molecule has 2 N–H and O–H groups in total. The van der Waals surface area contributed by atoms with Gasteiger partial charge in [-0.2, -0.15) is 0 Å². The molecule has 0 spiro atoms. The first-order valence-electron chi connectivity index (χ1n) is 7.51. The third-order valence-electron chi connectivity index (χ3n) is 3.57. The largest absolute Gasteiger partial charge is 0.336 e. The number of urea groups is 1. The summed E-state index contributed by atoms with van der Waals surface area (Å²) in [7, 11) is 0. The second-order valence-electron chi connectivity index (χ2n) is 5.37. The maximum absolute atomic E-state index is 11.8. The molecule has 5 heteroatoms. The molecule has 0 heterocycles. The fourth-order valence-electron chi connectivity index (χ4n) is 2.13. The number of aryl methyl sites for hydroxylation is 1. The van der Waals surface area contributed by atoms with Crippen LogP contribution in [-0.2, 0) is 11.2 Å². The topological polar surface area (TPSA) is 61.4 Å². The Morgan fingerprint density at radius 1 is 1.24 bits per heavy atom. The zero-order valence-electron chi connectivity index (χ0n) is 12.7. The predicted molar refractivity (Wildman–Crippen MR) is 83.4 cm³/mol. The number of hydrogen-bond donors (Lipinski definition) is 2. The molecule has 1 fully saturated rings. The van der Waals surface area contributed by atoms with Gasteiger partial charge in [0.1, 0.15) is 0 Å². The minimum Gasteiger partial charge on any atom is -0.336 e. The molecule has 5 nitrogen and oxygen atoms in total. The molecular formula is C16H23N3O2. The molecular weight excluding hydrogens is 266 g/mol. The summed E-state index contributed by atoms with van der Waals surface area (Å²) < 4.78 is 0. The van der Waals surface area contributed by atoms with Crippen LogP contribution in [0.1, 0.15) is 32.3 Å². The van der Waals surface area contributed by atoms with E-state index in [1.807, 2.05) is 24.3 Å². The first-order chi connectivity index (χ1) is 10.1. The monoisotopic (exact) mass is 289 g/mol. The van der Waals surface area contributed by atoms with Crippen LogP contribution in [0, 0.1) is 0 Å². The number of carbonyl (C=O) groups is 2. The zero-order valence-corrected chi connectivity index (χ0v) is 12.7. The van der Waals surface area contributed by atoms with Gasteiger partial charge in [0.05, 0.1) is 0 Å². The Bertz CT molecular complexity index is 495. The summed E-state index contributed by atoms with van der Waals surface area (Å²) in [5, 5.41) is 5.65. The Labute approximate surface area is 125 Å². The number of anilines is 1. The second-order valence-corrected chi connectivity index (χ2v) is 5.37. The van der Waals surface area contributed by atoms with E-state index in [0.29, 0.717) is 19.1 Å². The van der Waals surface area contributed by atoms with Gasteiger partial charge in [-0.25, -0.2) is 4.79 Å². The minimum absolute atomic E-state index is 0.0244. The van der Waals surface area contributed by atoms with Gasteiger partial charge >= 0.3 is 6.03 Å². The van der Waals surface area contributed by atoms with E-state index >= 15 is 0 Å².